The molecule has 0 saturated carbocycles. The fourth-order valence-electron chi connectivity index (χ4n) is 2.62. The molecule has 1 aromatic carbocycles. The summed E-state index contributed by atoms with van der Waals surface area (Å²) in [6, 6.07) is 8.84. The summed E-state index contributed by atoms with van der Waals surface area (Å²) in [5.41, 5.74) is -0.0584. The fourth-order valence-corrected chi connectivity index (χ4v) is 2.62. The van der Waals surface area contributed by atoms with Crippen LogP contribution in [0.5, 0.6) is 0 Å². The van der Waals surface area contributed by atoms with E-state index >= 15 is 0 Å². The molecule has 0 aliphatic rings. The van der Waals surface area contributed by atoms with Crippen molar-refractivity contribution in [1.82, 2.24) is 0 Å². The van der Waals surface area contributed by atoms with E-state index in [0.717, 1.165) is 0 Å². The number of carbonyl (C=O) groups excluding carboxylic acids is 1. The molecule has 25 heavy (non-hydrogen) atoms. The summed E-state index contributed by atoms with van der Waals surface area (Å²) < 4.78 is 16.5. The number of carbonyl (C=O) groups is 1. The molecule has 0 saturated heterocycles. The standard InChI is InChI=1S/C20H30O5/c1-6-17(25-19(22)16-10-8-7-9-11-16)20(3,4)18(24-14-23-5)12-15(2)13-21/h6-11,15,17-18,21H,1,12-14H2,2-5H3/t15-,17-,18-/m1/s1. The van der Waals surface area contributed by atoms with Crippen molar-refractivity contribution >= 4 is 5.97 Å². The summed E-state index contributed by atoms with van der Waals surface area (Å²) in [7, 11) is 1.56. The van der Waals surface area contributed by atoms with Crippen LogP contribution < -0.4 is 0 Å². The van der Waals surface area contributed by atoms with Crippen LogP contribution in [0.2, 0.25) is 0 Å². The van der Waals surface area contributed by atoms with Gasteiger partial charge in [-0.2, -0.15) is 0 Å². The van der Waals surface area contributed by atoms with Gasteiger partial charge in [-0.25, -0.2) is 4.79 Å². The highest BCUT2D eigenvalue weighted by molar-refractivity contribution is 5.89. The molecule has 1 aromatic rings. The van der Waals surface area contributed by atoms with Crippen LogP contribution in [0.1, 0.15) is 37.6 Å². The molecule has 0 aliphatic carbocycles. The number of benzene rings is 1. The highest BCUT2D eigenvalue weighted by Gasteiger charge is 2.40. The molecule has 1 rings (SSSR count). The first kappa shape index (κ1) is 21.4. The summed E-state index contributed by atoms with van der Waals surface area (Å²) >= 11 is 0. The van der Waals surface area contributed by atoms with Crippen molar-refractivity contribution in [1.29, 1.82) is 0 Å². The number of hydrogen-bond donors (Lipinski definition) is 1. The van der Waals surface area contributed by atoms with E-state index in [4.69, 9.17) is 14.2 Å². The number of ether oxygens (including phenoxy) is 3. The smallest absolute Gasteiger partial charge is 0.338 e. The largest absolute Gasteiger partial charge is 0.454 e. The van der Waals surface area contributed by atoms with Crippen molar-refractivity contribution in [2.24, 2.45) is 11.3 Å². The Morgan fingerprint density at radius 1 is 1.32 bits per heavy atom. The maximum atomic E-state index is 12.4. The van der Waals surface area contributed by atoms with E-state index in [2.05, 4.69) is 6.58 Å². The molecule has 0 bridgehead atoms. The van der Waals surface area contributed by atoms with Crippen molar-refractivity contribution in [2.45, 2.75) is 39.4 Å². The molecule has 0 spiro atoms. The van der Waals surface area contributed by atoms with Crippen molar-refractivity contribution in [3.63, 3.8) is 0 Å². The van der Waals surface area contributed by atoms with Gasteiger partial charge in [0.05, 0.1) is 11.7 Å². The Morgan fingerprint density at radius 3 is 2.48 bits per heavy atom. The van der Waals surface area contributed by atoms with Gasteiger partial charge >= 0.3 is 5.97 Å². The lowest BCUT2D eigenvalue weighted by Gasteiger charge is -2.39. The third-order valence-electron chi connectivity index (χ3n) is 4.34. The van der Waals surface area contributed by atoms with E-state index in [9.17, 15) is 9.90 Å². The summed E-state index contributed by atoms with van der Waals surface area (Å²) in [5, 5.41) is 9.37. The number of rotatable bonds is 11. The average molecular weight is 350 g/mol. The van der Waals surface area contributed by atoms with Crippen LogP contribution in [0.25, 0.3) is 0 Å². The lowest BCUT2D eigenvalue weighted by molar-refractivity contribution is -0.140. The van der Waals surface area contributed by atoms with Crippen molar-refractivity contribution < 1.29 is 24.1 Å². The Bertz CT molecular complexity index is 526. The van der Waals surface area contributed by atoms with E-state index in [1.165, 1.54) is 0 Å². The number of esters is 1. The highest BCUT2D eigenvalue weighted by Crippen LogP contribution is 2.35. The van der Waals surface area contributed by atoms with E-state index in [1.807, 2.05) is 26.8 Å². The molecule has 0 unspecified atom stereocenters. The third kappa shape index (κ3) is 6.27. The maximum Gasteiger partial charge on any atom is 0.338 e. The molecule has 0 fully saturated rings. The van der Waals surface area contributed by atoms with Gasteiger partial charge in [0, 0.05) is 19.1 Å². The monoisotopic (exact) mass is 350 g/mol. The predicted octanol–water partition coefficient (Wildman–Crippen LogP) is 3.43. The second-order valence-corrected chi connectivity index (χ2v) is 6.83. The Kier molecular flexibility index (Phi) is 8.83. The van der Waals surface area contributed by atoms with Gasteiger partial charge < -0.3 is 19.3 Å². The minimum absolute atomic E-state index is 0.0522. The van der Waals surface area contributed by atoms with Crippen LogP contribution in [0.3, 0.4) is 0 Å². The molecule has 0 radical (unpaired) electrons. The fraction of sp³-hybridized carbons (Fsp3) is 0.550. The molecular formula is C20H30O5. The van der Waals surface area contributed by atoms with Gasteiger partial charge in [0.25, 0.3) is 0 Å². The van der Waals surface area contributed by atoms with Gasteiger partial charge in [0.1, 0.15) is 12.9 Å². The Hall–Kier alpha value is -1.69. The molecule has 5 heteroatoms. The van der Waals surface area contributed by atoms with E-state index in [-0.39, 0.29) is 25.4 Å². The number of hydrogen-bond acceptors (Lipinski definition) is 5. The third-order valence-corrected chi connectivity index (χ3v) is 4.34. The maximum absolute atomic E-state index is 12.4. The average Bonchev–Trinajstić information content (AvgIpc) is 2.62. The van der Waals surface area contributed by atoms with Crippen LogP contribution in [0.15, 0.2) is 43.0 Å². The van der Waals surface area contributed by atoms with Crippen molar-refractivity contribution in [2.75, 3.05) is 20.5 Å². The van der Waals surface area contributed by atoms with Crippen LogP contribution in [-0.2, 0) is 14.2 Å². The predicted molar refractivity (Wildman–Crippen MR) is 97.2 cm³/mol. The lowest BCUT2D eigenvalue weighted by atomic mass is 9.77. The van der Waals surface area contributed by atoms with Crippen molar-refractivity contribution in [3.05, 3.63) is 48.6 Å². The minimum atomic E-state index is -0.548. The number of methoxy groups -OCH3 is 1. The molecule has 5 nitrogen and oxygen atoms in total. The normalized spacial score (nSPS) is 15.2. The van der Waals surface area contributed by atoms with Crippen LogP contribution in [0.4, 0.5) is 0 Å². The summed E-state index contributed by atoms with van der Waals surface area (Å²) in [4.78, 5) is 12.4. The van der Waals surface area contributed by atoms with Crippen LogP contribution in [0, 0.1) is 11.3 Å². The van der Waals surface area contributed by atoms with E-state index in [1.54, 1.807) is 37.5 Å². The second kappa shape index (κ2) is 10.3. The van der Waals surface area contributed by atoms with Gasteiger partial charge in [-0.3, -0.25) is 0 Å². The number of aliphatic hydroxyl groups is 1. The summed E-state index contributed by atoms with van der Waals surface area (Å²) in [6.07, 6.45) is 1.40. The SMILES string of the molecule is C=C[C@@H](OC(=O)c1ccccc1)C(C)(C)[C@@H](C[C@@H](C)CO)OCOC. The molecular weight excluding hydrogens is 320 g/mol. The van der Waals surface area contributed by atoms with Crippen LogP contribution in [-0.4, -0.2) is 43.8 Å². The Morgan fingerprint density at radius 2 is 1.96 bits per heavy atom. The molecule has 0 aliphatic heterocycles. The van der Waals surface area contributed by atoms with E-state index < -0.39 is 17.5 Å². The van der Waals surface area contributed by atoms with Gasteiger partial charge in [-0.15, -0.1) is 0 Å². The zero-order valence-electron chi connectivity index (χ0n) is 15.6. The van der Waals surface area contributed by atoms with E-state index in [0.29, 0.717) is 12.0 Å². The molecule has 0 heterocycles. The Labute approximate surface area is 150 Å². The first-order valence-electron chi connectivity index (χ1n) is 8.46. The van der Waals surface area contributed by atoms with Gasteiger partial charge in [0.2, 0.25) is 0 Å². The van der Waals surface area contributed by atoms with Gasteiger partial charge in [0.15, 0.2) is 0 Å². The Balaban J connectivity index is 2.93. The van der Waals surface area contributed by atoms with Crippen molar-refractivity contribution in [3.8, 4) is 0 Å². The molecule has 0 amide bonds. The zero-order chi connectivity index (χ0) is 18.9. The molecule has 1 N–H and O–H groups in total. The second-order valence-electron chi connectivity index (χ2n) is 6.83. The quantitative estimate of drug-likeness (QED) is 0.376. The van der Waals surface area contributed by atoms with Gasteiger partial charge in [-0.1, -0.05) is 51.6 Å². The summed E-state index contributed by atoms with van der Waals surface area (Å²) in [5.74, 6) is -0.351. The molecule has 140 valence electrons. The molecule has 0 aromatic heterocycles. The highest BCUT2D eigenvalue weighted by atomic mass is 16.7. The molecule has 3 atom stereocenters. The number of aliphatic hydroxyl groups excluding tert-OH is 1. The first-order valence-corrected chi connectivity index (χ1v) is 8.46. The minimum Gasteiger partial charge on any atom is -0.454 e. The van der Waals surface area contributed by atoms with Crippen LogP contribution >= 0.6 is 0 Å². The van der Waals surface area contributed by atoms with Gasteiger partial charge in [-0.05, 0) is 24.5 Å². The zero-order valence-corrected chi connectivity index (χ0v) is 15.6. The lowest BCUT2D eigenvalue weighted by Crippen LogP contribution is -2.44. The topological polar surface area (TPSA) is 65.0 Å². The first-order chi connectivity index (χ1) is 11.9. The summed E-state index contributed by atoms with van der Waals surface area (Å²) in [6.45, 7) is 9.87.